The highest BCUT2D eigenvalue weighted by Gasteiger charge is 2.00. The molecule has 2 heteroatoms. The Bertz CT molecular complexity index is 307. The molecule has 0 aliphatic heterocycles. The van der Waals surface area contributed by atoms with Gasteiger partial charge in [-0.05, 0) is 31.0 Å². The van der Waals surface area contributed by atoms with E-state index in [1.165, 1.54) is 11.3 Å². The number of anilines is 1. The van der Waals surface area contributed by atoms with Gasteiger partial charge >= 0.3 is 0 Å². The Balaban J connectivity index is 2.56. The molecule has 0 aliphatic rings. The van der Waals surface area contributed by atoms with E-state index >= 15 is 0 Å². The molecule has 0 spiro atoms. The van der Waals surface area contributed by atoms with Crippen LogP contribution < -0.4 is 10.6 Å². The van der Waals surface area contributed by atoms with E-state index in [4.69, 9.17) is 0 Å². The van der Waals surface area contributed by atoms with Crippen LogP contribution in [-0.4, -0.2) is 12.1 Å². The Kier molecular flexibility index (Phi) is 5.33. The molecule has 0 amide bonds. The van der Waals surface area contributed by atoms with Crippen LogP contribution in [-0.2, 0) is 6.54 Å². The van der Waals surface area contributed by atoms with E-state index in [0.29, 0.717) is 12.1 Å². The molecule has 0 aliphatic carbocycles. The van der Waals surface area contributed by atoms with Crippen molar-refractivity contribution in [3.8, 4) is 0 Å². The van der Waals surface area contributed by atoms with Gasteiger partial charge in [0.05, 0.1) is 0 Å². The molecule has 0 saturated carbocycles. The maximum Gasteiger partial charge on any atom is 0.0345 e. The smallest absolute Gasteiger partial charge is 0.0345 e. The minimum absolute atomic E-state index is 0.534. The maximum atomic E-state index is 3.49. The first kappa shape index (κ1) is 13.0. The van der Waals surface area contributed by atoms with Gasteiger partial charge < -0.3 is 10.6 Å². The molecule has 2 N–H and O–H groups in total. The number of benzene rings is 1. The highest BCUT2D eigenvalue weighted by atomic mass is 14.9. The first-order valence-corrected chi connectivity index (χ1v) is 6.20. The summed E-state index contributed by atoms with van der Waals surface area (Å²) in [5.74, 6) is 0. The molecule has 0 heterocycles. The zero-order valence-corrected chi connectivity index (χ0v) is 10.9. The average Bonchev–Trinajstić information content (AvgIpc) is 2.26. The van der Waals surface area contributed by atoms with Crippen LogP contribution in [0.4, 0.5) is 5.69 Å². The summed E-state index contributed by atoms with van der Waals surface area (Å²) in [6.45, 7) is 9.68. The molecule has 90 valence electrons. The molecule has 16 heavy (non-hydrogen) atoms. The lowest BCUT2D eigenvalue weighted by Gasteiger charge is -2.14. The van der Waals surface area contributed by atoms with Crippen molar-refractivity contribution in [2.45, 2.75) is 52.7 Å². The second-order valence-electron chi connectivity index (χ2n) is 4.69. The van der Waals surface area contributed by atoms with Gasteiger partial charge in [-0.15, -0.1) is 0 Å². The van der Waals surface area contributed by atoms with E-state index < -0.39 is 0 Å². The molecule has 2 nitrogen and oxygen atoms in total. The van der Waals surface area contributed by atoms with Gasteiger partial charge in [-0.1, -0.05) is 32.9 Å². The van der Waals surface area contributed by atoms with Crippen molar-refractivity contribution in [1.29, 1.82) is 0 Å². The van der Waals surface area contributed by atoms with E-state index in [9.17, 15) is 0 Å². The van der Waals surface area contributed by atoms with Crippen molar-refractivity contribution in [3.63, 3.8) is 0 Å². The van der Waals surface area contributed by atoms with Crippen molar-refractivity contribution in [2.75, 3.05) is 5.32 Å². The summed E-state index contributed by atoms with van der Waals surface area (Å²) in [5, 5.41) is 6.92. The number of nitrogens with one attached hydrogen (secondary N) is 2. The lowest BCUT2D eigenvalue weighted by molar-refractivity contribution is 0.589. The van der Waals surface area contributed by atoms with Crippen molar-refractivity contribution in [2.24, 2.45) is 0 Å². The molecular formula is C14H24N2. The molecule has 0 aromatic heterocycles. The topological polar surface area (TPSA) is 24.1 Å². The Labute approximate surface area is 99.5 Å². The zero-order valence-electron chi connectivity index (χ0n) is 10.9. The molecule has 1 atom stereocenters. The minimum atomic E-state index is 0.534. The van der Waals surface area contributed by atoms with Crippen LogP contribution in [0.15, 0.2) is 24.3 Å². The molecule has 1 aromatic rings. The molecule has 0 fully saturated rings. The Morgan fingerprint density at radius 3 is 2.56 bits per heavy atom. The fourth-order valence-electron chi connectivity index (χ4n) is 1.48. The quantitative estimate of drug-likeness (QED) is 0.768. The predicted molar refractivity (Wildman–Crippen MR) is 71.8 cm³/mol. The number of rotatable bonds is 6. The monoisotopic (exact) mass is 220 g/mol. The SMILES string of the molecule is CCC(C)Nc1cccc(CNC(C)C)c1. The summed E-state index contributed by atoms with van der Waals surface area (Å²) in [6.07, 6.45) is 1.15. The third-order valence-electron chi connectivity index (χ3n) is 2.67. The molecule has 1 aromatic carbocycles. The van der Waals surface area contributed by atoms with Gasteiger partial charge in [-0.25, -0.2) is 0 Å². The first-order valence-electron chi connectivity index (χ1n) is 6.20. The van der Waals surface area contributed by atoms with Crippen molar-refractivity contribution in [3.05, 3.63) is 29.8 Å². The van der Waals surface area contributed by atoms with Crippen LogP contribution in [0.2, 0.25) is 0 Å². The van der Waals surface area contributed by atoms with Crippen molar-refractivity contribution in [1.82, 2.24) is 5.32 Å². The fraction of sp³-hybridized carbons (Fsp3) is 0.571. The minimum Gasteiger partial charge on any atom is -0.383 e. The average molecular weight is 220 g/mol. The number of hydrogen-bond donors (Lipinski definition) is 2. The van der Waals surface area contributed by atoms with E-state index in [1.54, 1.807) is 0 Å². The summed E-state index contributed by atoms with van der Waals surface area (Å²) >= 11 is 0. The molecule has 0 bridgehead atoms. The second-order valence-corrected chi connectivity index (χ2v) is 4.69. The Morgan fingerprint density at radius 1 is 1.19 bits per heavy atom. The molecule has 1 rings (SSSR count). The predicted octanol–water partition coefficient (Wildman–Crippen LogP) is 3.40. The number of hydrogen-bond acceptors (Lipinski definition) is 2. The van der Waals surface area contributed by atoms with Gasteiger partial charge in [0, 0.05) is 24.3 Å². The second kappa shape index (κ2) is 6.54. The molecule has 0 radical (unpaired) electrons. The standard InChI is InChI=1S/C14H24N2/c1-5-12(4)16-14-8-6-7-13(9-14)10-15-11(2)3/h6-9,11-12,15-16H,5,10H2,1-4H3. The highest BCUT2D eigenvalue weighted by molar-refractivity contribution is 5.46. The zero-order chi connectivity index (χ0) is 12.0. The van der Waals surface area contributed by atoms with E-state index in [2.05, 4.69) is 62.6 Å². The largest absolute Gasteiger partial charge is 0.383 e. The normalized spacial score (nSPS) is 12.8. The Morgan fingerprint density at radius 2 is 1.94 bits per heavy atom. The summed E-state index contributed by atoms with van der Waals surface area (Å²) in [7, 11) is 0. The highest BCUT2D eigenvalue weighted by Crippen LogP contribution is 2.12. The lowest BCUT2D eigenvalue weighted by Crippen LogP contribution is -2.22. The summed E-state index contributed by atoms with van der Waals surface area (Å²) in [4.78, 5) is 0. The fourth-order valence-corrected chi connectivity index (χ4v) is 1.48. The van der Waals surface area contributed by atoms with Gasteiger partial charge in [-0.3, -0.25) is 0 Å². The van der Waals surface area contributed by atoms with Gasteiger partial charge in [0.25, 0.3) is 0 Å². The van der Waals surface area contributed by atoms with Crippen LogP contribution >= 0.6 is 0 Å². The molecule has 0 saturated heterocycles. The molecule has 1 unspecified atom stereocenters. The summed E-state index contributed by atoms with van der Waals surface area (Å²) in [6, 6.07) is 9.70. The first-order chi connectivity index (χ1) is 7.61. The molecular weight excluding hydrogens is 196 g/mol. The summed E-state index contributed by atoms with van der Waals surface area (Å²) in [5.41, 5.74) is 2.56. The summed E-state index contributed by atoms with van der Waals surface area (Å²) < 4.78 is 0. The van der Waals surface area contributed by atoms with Crippen LogP contribution in [0.3, 0.4) is 0 Å². The lowest BCUT2D eigenvalue weighted by atomic mass is 10.1. The maximum absolute atomic E-state index is 3.49. The van der Waals surface area contributed by atoms with Crippen molar-refractivity contribution >= 4 is 5.69 Å². The van der Waals surface area contributed by atoms with Crippen molar-refractivity contribution < 1.29 is 0 Å². The van der Waals surface area contributed by atoms with Crippen LogP contribution in [0, 0.1) is 0 Å². The van der Waals surface area contributed by atoms with Crippen LogP contribution in [0.1, 0.15) is 39.7 Å². The third-order valence-corrected chi connectivity index (χ3v) is 2.67. The van der Waals surface area contributed by atoms with Crippen LogP contribution in [0.25, 0.3) is 0 Å². The van der Waals surface area contributed by atoms with Gasteiger partial charge in [0.1, 0.15) is 0 Å². The third kappa shape index (κ3) is 4.67. The van der Waals surface area contributed by atoms with Gasteiger partial charge in [-0.2, -0.15) is 0 Å². The Hall–Kier alpha value is -1.02. The van der Waals surface area contributed by atoms with E-state index in [1.807, 2.05) is 0 Å². The van der Waals surface area contributed by atoms with E-state index in [-0.39, 0.29) is 0 Å². The van der Waals surface area contributed by atoms with Gasteiger partial charge in [0.2, 0.25) is 0 Å². The van der Waals surface area contributed by atoms with Crippen LogP contribution in [0.5, 0.6) is 0 Å². The van der Waals surface area contributed by atoms with Gasteiger partial charge in [0.15, 0.2) is 0 Å². The van der Waals surface area contributed by atoms with E-state index in [0.717, 1.165) is 13.0 Å².